The molecule has 0 saturated carbocycles. The highest BCUT2D eigenvalue weighted by molar-refractivity contribution is 5.80. The minimum absolute atomic E-state index is 0.711. The smallest absolute Gasteiger partial charge is 0.141 e. The van der Waals surface area contributed by atoms with Crippen LogP contribution in [0.1, 0.15) is 25.3 Å². The molecule has 5 rings (SSSR count). The Balaban J connectivity index is 1.08. The Bertz CT molecular complexity index is 1270. The summed E-state index contributed by atoms with van der Waals surface area (Å²) in [6.45, 7) is 10.3. The van der Waals surface area contributed by atoms with Gasteiger partial charge in [-0.1, -0.05) is 68.0 Å². The van der Waals surface area contributed by atoms with Gasteiger partial charge in [0.15, 0.2) is 0 Å². The van der Waals surface area contributed by atoms with E-state index in [1.165, 1.54) is 17.5 Å². The average Bonchev–Trinajstić information content (AvgIpc) is 3.32. The SMILES string of the molecule is CCCCn1c(-c2ccc(OCCN3CCN(CC=Cc4ccccc4)CC3)cc2)nc2ccccc21. The number of ether oxygens (including phenoxy) is 1. The Kier molecular flexibility index (Phi) is 8.67. The Morgan fingerprint density at radius 1 is 0.811 bits per heavy atom. The molecule has 4 aromatic rings. The first kappa shape index (κ1) is 25.2. The summed E-state index contributed by atoms with van der Waals surface area (Å²) < 4.78 is 8.45. The molecule has 0 radical (unpaired) electrons. The lowest BCUT2D eigenvalue weighted by molar-refractivity contribution is 0.125. The molecule has 0 aliphatic carbocycles. The number of nitrogens with zero attached hydrogens (tertiary/aromatic N) is 4. The highest BCUT2D eigenvalue weighted by atomic mass is 16.5. The molecule has 1 saturated heterocycles. The van der Waals surface area contributed by atoms with Crippen LogP contribution in [0.15, 0.2) is 84.9 Å². The van der Waals surface area contributed by atoms with E-state index in [9.17, 15) is 0 Å². The number of fused-ring (bicyclic) bond motifs is 1. The number of unbranched alkanes of at least 4 members (excludes halogenated alkanes) is 1. The summed E-state index contributed by atoms with van der Waals surface area (Å²) in [5.41, 5.74) is 4.67. The quantitative estimate of drug-likeness (QED) is 0.248. The summed E-state index contributed by atoms with van der Waals surface area (Å²) in [6, 6.07) is 27.4. The molecule has 0 spiro atoms. The van der Waals surface area contributed by atoms with E-state index in [4.69, 9.17) is 9.72 Å². The second kappa shape index (κ2) is 12.7. The topological polar surface area (TPSA) is 33.5 Å². The zero-order valence-corrected chi connectivity index (χ0v) is 21.9. The molecule has 37 heavy (non-hydrogen) atoms. The van der Waals surface area contributed by atoms with Gasteiger partial charge in [0.2, 0.25) is 0 Å². The van der Waals surface area contributed by atoms with E-state index in [-0.39, 0.29) is 0 Å². The van der Waals surface area contributed by atoms with Gasteiger partial charge in [0.25, 0.3) is 0 Å². The Hall–Kier alpha value is -3.41. The van der Waals surface area contributed by atoms with E-state index < -0.39 is 0 Å². The van der Waals surface area contributed by atoms with Crippen LogP contribution < -0.4 is 4.74 Å². The van der Waals surface area contributed by atoms with Gasteiger partial charge in [-0.2, -0.15) is 0 Å². The molecule has 3 aromatic carbocycles. The number of imidazole rings is 1. The van der Waals surface area contributed by atoms with Crippen molar-refractivity contribution in [2.45, 2.75) is 26.3 Å². The number of aryl methyl sites for hydroxylation is 1. The number of hydrogen-bond acceptors (Lipinski definition) is 4. The van der Waals surface area contributed by atoms with Gasteiger partial charge in [-0.25, -0.2) is 4.98 Å². The lowest BCUT2D eigenvalue weighted by atomic mass is 10.2. The summed E-state index contributed by atoms with van der Waals surface area (Å²) in [5.74, 6) is 1.96. The predicted molar refractivity (Wildman–Crippen MR) is 154 cm³/mol. The first-order valence-corrected chi connectivity index (χ1v) is 13.6. The van der Waals surface area contributed by atoms with Crippen LogP contribution in [0.25, 0.3) is 28.5 Å². The van der Waals surface area contributed by atoms with Gasteiger partial charge < -0.3 is 9.30 Å². The van der Waals surface area contributed by atoms with Gasteiger partial charge in [-0.05, 0) is 48.4 Å². The van der Waals surface area contributed by atoms with Gasteiger partial charge in [0.05, 0.1) is 11.0 Å². The van der Waals surface area contributed by atoms with Gasteiger partial charge in [0.1, 0.15) is 18.2 Å². The minimum Gasteiger partial charge on any atom is -0.492 e. The molecule has 0 atom stereocenters. The van der Waals surface area contributed by atoms with E-state index >= 15 is 0 Å². The molecule has 2 heterocycles. The maximum Gasteiger partial charge on any atom is 0.141 e. The molecule has 1 aliphatic rings. The molecule has 5 heteroatoms. The van der Waals surface area contributed by atoms with E-state index in [0.717, 1.165) is 74.9 Å². The molecule has 192 valence electrons. The standard InChI is InChI=1S/C32H38N4O/c1-2-3-20-36-31-14-8-7-13-30(31)33-32(36)28-15-17-29(18-16-28)37-26-25-35-23-21-34(22-24-35)19-9-12-27-10-5-4-6-11-27/h4-18H,2-3,19-26H2,1H3. The summed E-state index contributed by atoms with van der Waals surface area (Å²) in [4.78, 5) is 9.96. The highest BCUT2D eigenvalue weighted by Crippen LogP contribution is 2.27. The third kappa shape index (κ3) is 6.68. The molecular weight excluding hydrogens is 456 g/mol. The number of hydrogen-bond donors (Lipinski definition) is 0. The van der Waals surface area contributed by atoms with Crippen molar-refractivity contribution >= 4 is 17.1 Å². The number of benzene rings is 3. The molecule has 5 nitrogen and oxygen atoms in total. The third-order valence-electron chi connectivity index (χ3n) is 7.12. The van der Waals surface area contributed by atoms with Crippen molar-refractivity contribution in [1.82, 2.24) is 19.4 Å². The maximum absolute atomic E-state index is 6.10. The van der Waals surface area contributed by atoms with Crippen molar-refractivity contribution in [1.29, 1.82) is 0 Å². The second-order valence-corrected chi connectivity index (χ2v) is 9.76. The number of para-hydroxylation sites is 2. The number of piperazine rings is 1. The lowest BCUT2D eigenvalue weighted by Gasteiger charge is -2.34. The van der Waals surface area contributed by atoms with E-state index in [2.05, 4.69) is 112 Å². The van der Waals surface area contributed by atoms with Crippen LogP contribution >= 0.6 is 0 Å². The van der Waals surface area contributed by atoms with Gasteiger partial charge in [-0.3, -0.25) is 9.80 Å². The normalized spacial score (nSPS) is 15.1. The first-order chi connectivity index (χ1) is 18.3. The Morgan fingerprint density at radius 2 is 1.54 bits per heavy atom. The average molecular weight is 495 g/mol. The van der Waals surface area contributed by atoms with Crippen molar-refractivity contribution in [3.8, 4) is 17.1 Å². The molecule has 1 aliphatic heterocycles. The Morgan fingerprint density at radius 3 is 2.32 bits per heavy atom. The van der Waals surface area contributed by atoms with Crippen molar-refractivity contribution in [3.63, 3.8) is 0 Å². The van der Waals surface area contributed by atoms with Crippen LogP contribution in [-0.4, -0.2) is 65.2 Å². The van der Waals surface area contributed by atoms with Crippen LogP contribution in [0.4, 0.5) is 0 Å². The molecule has 1 fully saturated rings. The second-order valence-electron chi connectivity index (χ2n) is 9.76. The summed E-state index contributed by atoms with van der Waals surface area (Å²) in [5, 5.41) is 0. The van der Waals surface area contributed by atoms with Crippen LogP contribution in [0.5, 0.6) is 5.75 Å². The fraction of sp³-hybridized carbons (Fsp3) is 0.344. The maximum atomic E-state index is 6.10. The third-order valence-corrected chi connectivity index (χ3v) is 7.12. The van der Waals surface area contributed by atoms with E-state index in [0.29, 0.717) is 6.61 Å². The zero-order chi connectivity index (χ0) is 25.3. The fourth-order valence-corrected chi connectivity index (χ4v) is 4.93. The monoisotopic (exact) mass is 494 g/mol. The summed E-state index contributed by atoms with van der Waals surface area (Å²) in [6.07, 6.45) is 6.80. The lowest BCUT2D eigenvalue weighted by Crippen LogP contribution is -2.47. The molecular formula is C32H38N4O. The van der Waals surface area contributed by atoms with Crippen LogP contribution in [0, 0.1) is 0 Å². The molecule has 0 N–H and O–H groups in total. The first-order valence-electron chi connectivity index (χ1n) is 13.6. The largest absolute Gasteiger partial charge is 0.492 e. The number of aromatic nitrogens is 2. The summed E-state index contributed by atoms with van der Waals surface area (Å²) >= 11 is 0. The minimum atomic E-state index is 0.711. The Labute approximate surface area is 221 Å². The highest BCUT2D eigenvalue weighted by Gasteiger charge is 2.16. The van der Waals surface area contributed by atoms with Gasteiger partial charge in [0, 0.05) is 51.4 Å². The molecule has 0 bridgehead atoms. The van der Waals surface area contributed by atoms with Gasteiger partial charge >= 0.3 is 0 Å². The van der Waals surface area contributed by atoms with Crippen molar-refractivity contribution < 1.29 is 4.74 Å². The van der Waals surface area contributed by atoms with Crippen LogP contribution in [-0.2, 0) is 6.54 Å². The van der Waals surface area contributed by atoms with Gasteiger partial charge in [-0.15, -0.1) is 0 Å². The van der Waals surface area contributed by atoms with E-state index in [1.807, 2.05) is 0 Å². The molecule has 0 unspecified atom stereocenters. The fourth-order valence-electron chi connectivity index (χ4n) is 4.93. The summed E-state index contributed by atoms with van der Waals surface area (Å²) in [7, 11) is 0. The predicted octanol–water partition coefficient (Wildman–Crippen LogP) is 6.21. The van der Waals surface area contributed by atoms with Crippen LogP contribution in [0.3, 0.4) is 0 Å². The van der Waals surface area contributed by atoms with Crippen molar-refractivity contribution in [2.75, 3.05) is 45.9 Å². The molecule has 1 aromatic heterocycles. The van der Waals surface area contributed by atoms with Crippen molar-refractivity contribution in [3.05, 3.63) is 90.5 Å². The van der Waals surface area contributed by atoms with Crippen molar-refractivity contribution in [2.24, 2.45) is 0 Å². The van der Waals surface area contributed by atoms with Crippen LogP contribution in [0.2, 0.25) is 0 Å². The zero-order valence-electron chi connectivity index (χ0n) is 21.9. The van der Waals surface area contributed by atoms with E-state index in [1.54, 1.807) is 0 Å². The number of rotatable bonds is 11. The molecule has 0 amide bonds.